The molecular weight excluding hydrogens is 378 g/mol. The van der Waals surface area contributed by atoms with E-state index >= 15 is 0 Å². The molecule has 1 heterocycles. The standard InChI is InChI=1S/C13H11Br2NO3/c1-2-18-13(17)10-9(11(14)15)16-12(19-10)8-6-4-3-5-7-8/h3-7,11H,2H2,1H3. The zero-order valence-electron chi connectivity index (χ0n) is 10.1. The van der Waals surface area contributed by atoms with Crippen LogP contribution in [0.2, 0.25) is 0 Å². The van der Waals surface area contributed by atoms with Crippen molar-refractivity contribution < 1.29 is 13.9 Å². The molecule has 0 saturated heterocycles. The van der Waals surface area contributed by atoms with Gasteiger partial charge in [0, 0.05) is 5.56 Å². The van der Waals surface area contributed by atoms with Crippen LogP contribution < -0.4 is 0 Å². The summed E-state index contributed by atoms with van der Waals surface area (Å²) in [6, 6.07) is 9.38. The van der Waals surface area contributed by atoms with Gasteiger partial charge in [0.25, 0.3) is 0 Å². The van der Waals surface area contributed by atoms with Crippen molar-refractivity contribution in [3.8, 4) is 11.5 Å². The number of nitrogens with zero attached hydrogens (tertiary/aromatic N) is 1. The number of carbonyl (C=O) groups is 1. The van der Waals surface area contributed by atoms with Crippen molar-refractivity contribution in [1.29, 1.82) is 0 Å². The van der Waals surface area contributed by atoms with E-state index < -0.39 is 5.97 Å². The molecule has 0 fully saturated rings. The first-order chi connectivity index (χ1) is 9.13. The highest BCUT2D eigenvalue weighted by Crippen LogP contribution is 2.34. The van der Waals surface area contributed by atoms with Gasteiger partial charge in [-0.15, -0.1) is 0 Å². The fourth-order valence-electron chi connectivity index (χ4n) is 1.53. The first-order valence-electron chi connectivity index (χ1n) is 5.65. The summed E-state index contributed by atoms with van der Waals surface area (Å²) in [5, 5.41) is 0. The molecule has 0 aliphatic rings. The topological polar surface area (TPSA) is 52.3 Å². The largest absolute Gasteiger partial charge is 0.460 e. The number of halogens is 2. The van der Waals surface area contributed by atoms with E-state index in [9.17, 15) is 4.79 Å². The highest BCUT2D eigenvalue weighted by Gasteiger charge is 2.25. The Morgan fingerprint density at radius 2 is 2.05 bits per heavy atom. The quantitative estimate of drug-likeness (QED) is 0.578. The maximum atomic E-state index is 11.8. The summed E-state index contributed by atoms with van der Waals surface area (Å²) in [6.45, 7) is 2.03. The van der Waals surface area contributed by atoms with Crippen molar-refractivity contribution in [2.75, 3.05) is 6.61 Å². The molecule has 0 saturated carbocycles. The molecule has 0 unspecified atom stereocenters. The fourth-order valence-corrected chi connectivity index (χ4v) is 2.15. The molecule has 0 radical (unpaired) electrons. The lowest BCUT2D eigenvalue weighted by atomic mass is 10.2. The molecule has 2 aromatic rings. The van der Waals surface area contributed by atoms with E-state index in [1.54, 1.807) is 6.92 Å². The molecule has 1 aromatic carbocycles. The molecule has 0 bridgehead atoms. The molecule has 0 aliphatic carbocycles. The van der Waals surface area contributed by atoms with Gasteiger partial charge in [0.05, 0.1) is 6.61 Å². The fraction of sp³-hybridized carbons (Fsp3) is 0.231. The van der Waals surface area contributed by atoms with Crippen molar-refractivity contribution in [2.24, 2.45) is 0 Å². The van der Waals surface area contributed by atoms with E-state index in [0.29, 0.717) is 11.6 Å². The number of hydrogen-bond acceptors (Lipinski definition) is 4. The summed E-state index contributed by atoms with van der Waals surface area (Å²) >= 11 is 6.65. The summed E-state index contributed by atoms with van der Waals surface area (Å²) < 4.78 is 10.2. The molecule has 1 aromatic heterocycles. The summed E-state index contributed by atoms with van der Waals surface area (Å²) in [4.78, 5) is 16.1. The Hall–Kier alpha value is -1.14. The number of ether oxygens (including phenoxy) is 1. The van der Waals surface area contributed by atoms with Gasteiger partial charge in [-0.3, -0.25) is 0 Å². The van der Waals surface area contributed by atoms with E-state index in [1.807, 2.05) is 30.3 Å². The third-order valence-corrected chi connectivity index (χ3v) is 3.21. The Morgan fingerprint density at radius 1 is 1.37 bits per heavy atom. The van der Waals surface area contributed by atoms with Gasteiger partial charge in [-0.2, -0.15) is 0 Å². The number of aromatic nitrogens is 1. The molecule has 0 aliphatic heterocycles. The highest BCUT2D eigenvalue weighted by atomic mass is 79.9. The number of alkyl halides is 2. The minimum Gasteiger partial charge on any atom is -0.460 e. The summed E-state index contributed by atoms with van der Waals surface area (Å²) in [5.41, 5.74) is 1.28. The van der Waals surface area contributed by atoms with Crippen LogP contribution in [0.15, 0.2) is 34.7 Å². The van der Waals surface area contributed by atoms with E-state index in [-0.39, 0.29) is 16.1 Å². The van der Waals surface area contributed by atoms with Crippen molar-refractivity contribution >= 4 is 37.8 Å². The number of oxazole rings is 1. The van der Waals surface area contributed by atoms with Crippen molar-refractivity contribution in [2.45, 2.75) is 10.7 Å². The Labute approximate surface area is 127 Å². The second kappa shape index (κ2) is 6.34. The van der Waals surface area contributed by atoms with E-state index in [0.717, 1.165) is 5.56 Å². The number of rotatable bonds is 4. The first-order valence-corrected chi connectivity index (χ1v) is 7.48. The average Bonchev–Trinajstić information content (AvgIpc) is 2.85. The molecule has 19 heavy (non-hydrogen) atoms. The Balaban J connectivity index is 2.44. The first kappa shape index (κ1) is 14.3. The van der Waals surface area contributed by atoms with Gasteiger partial charge >= 0.3 is 5.97 Å². The molecule has 2 rings (SSSR count). The molecule has 4 nitrogen and oxygen atoms in total. The van der Waals surface area contributed by atoms with Crippen LogP contribution in [0.1, 0.15) is 26.9 Å². The monoisotopic (exact) mass is 387 g/mol. The zero-order valence-corrected chi connectivity index (χ0v) is 13.3. The van der Waals surface area contributed by atoms with Gasteiger partial charge in [-0.1, -0.05) is 50.1 Å². The third-order valence-electron chi connectivity index (χ3n) is 2.34. The normalized spacial score (nSPS) is 10.7. The number of hydrogen-bond donors (Lipinski definition) is 0. The predicted octanol–water partition coefficient (Wildman–Crippen LogP) is 4.31. The summed E-state index contributed by atoms with van der Waals surface area (Å²) in [5.74, 6) is -0.0157. The van der Waals surface area contributed by atoms with Gasteiger partial charge in [0.1, 0.15) is 9.43 Å². The van der Waals surface area contributed by atoms with Crippen LogP contribution >= 0.6 is 31.9 Å². The van der Waals surface area contributed by atoms with Crippen LogP contribution in [-0.4, -0.2) is 17.6 Å². The van der Waals surface area contributed by atoms with Gasteiger partial charge in [-0.25, -0.2) is 9.78 Å². The maximum Gasteiger partial charge on any atom is 0.376 e. The third kappa shape index (κ3) is 3.25. The van der Waals surface area contributed by atoms with E-state index in [2.05, 4.69) is 36.8 Å². The number of benzene rings is 1. The average molecular weight is 389 g/mol. The molecular formula is C13H11Br2NO3. The number of carbonyl (C=O) groups excluding carboxylic acids is 1. The SMILES string of the molecule is CCOC(=O)c1oc(-c2ccccc2)nc1C(Br)Br. The molecule has 100 valence electrons. The van der Waals surface area contributed by atoms with Gasteiger partial charge in [0.2, 0.25) is 11.7 Å². The maximum absolute atomic E-state index is 11.8. The predicted molar refractivity (Wildman–Crippen MR) is 78.5 cm³/mol. The molecule has 0 N–H and O–H groups in total. The van der Waals surface area contributed by atoms with Crippen molar-refractivity contribution in [3.05, 3.63) is 41.8 Å². The van der Waals surface area contributed by atoms with E-state index in [1.165, 1.54) is 0 Å². The van der Waals surface area contributed by atoms with Crippen molar-refractivity contribution in [1.82, 2.24) is 4.98 Å². The van der Waals surface area contributed by atoms with Crippen LogP contribution in [0.25, 0.3) is 11.5 Å². The minimum atomic E-state index is -0.518. The summed E-state index contributed by atoms with van der Waals surface area (Å²) in [7, 11) is 0. The van der Waals surface area contributed by atoms with Crippen LogP contribution in [-0.2, 0) is 4.74 Å². The number of esters is 1. The Morgan fingerprint density at radius 3 is 2.63 bits per heavy atom. The molecule has 0 spiro atoms. The van der Waals surface area contributed by atoms with Crippen LogP contribution in [0.3, 0.4) is 0 Å². The molecule has 6 heteroatoms. The Kier molecular flexibility index (Phi) is 4.76. The van der Waals surface area contributed by atoms with Crippen LogP contribution in [0, 0.1) is 0 Å². The zero-order chi connectivity index (χ0) is 13.8. The highest BCUT2D eigenvalue weighted by molar-refractivity contribution is 9.24. The van der Waals surface area contributed by atoms with Crippen molar-refractivity contribution in [3.63, 3.8) is 0 Å². The van der Waals surface area contributed by atoms with Crippen LogP contribution in [0.5, 0.6) is 0 Å². The molecule has 0 amide bonds. The van der Waals surface area contributed by atoms with Crippen LogP contribution in [0.4, 0.5) is 0 Å². The lowest BCUT2D eigenvalue weighted by Gasteiger charge is -2.00. The lowest BCUT2D eigenvalue weighted by molar-refractivity contribution is 0.0490. The molecule has 0 atom stereocenters. The second-order valence-electron chi connectivity index (χ2n) is 3.62. The Bertz CT molecular complexity index is 567. The summed E-state index contributed by atoms with van der Waals surface area (Å²) in [6.07, 6.45) is 0. The lowest BCUT2D eigenvalue weighted by Crippen LogP contribution is -2.06. The minimum absolute atomic E-state index is 0.111. The van der Waals surface area contributed by atoms with Gasteiger partial charge in [0.15, 0.2) is 0 Å². The van der Waals surface area contributed by atoms with Gasteiger partial charge in [-0.05, 0) is 19.1 Å². The second-order valence-corrected chi connectivity index (χ2v) is 6.68. The van der Waals surface area contributed by atoms with E-state index in [4.69, 9.17) is 9.15 Å². The smallest absolute Gasteiger partial charge is 0.376 e. The van der Waals surface area contributed by atoms with Gasteiger partial charge < -0.3 is 9.15 Å².